The molecule has 1 aromatic carbocycles. The first-order valence-electron chi connectivity index (χ1n) is 6.41. The van der Waals surface area contributed by atoms with Crippen molar-refractivity contribution in [3.63, 3.8) is 0 Å². The number of rotatable bonds is 5. The molecule has 0 spiro atoms. The van der Waals surface area contributed by atoms with Crippen LogP contribution in [0.5, 0.6) is 0 Å². The van der Waals surface area contributed by atoms with Gasteiger partial charge in [0.2, 0.25) is 0 Å². The monoisotopic (exact) mass is 267 g/mol. The van der Waals surface area contributed by atoms with Crippen LogP contribution in [0.25, 0.3) is 0 Å². The van der Waals surface area contributed by atoms with Crippen molar-refractivity contribution in [1.82, 2.24) is 10.2 Å². The fraction of sp³-hybridized carbons (Fsp3) is 0.500. The zero-order chi connectivity index (χ0) is 13.4. The Bertz CT molecular complexity index is 373. The molecule has 0 aliphatic carbocycles. The van der Waals surface area contributed by atoms with Crippen LogP contribution >= 0.6 is 11.6 Å². The van der Waals surface area contributed by atoms with Crippen molar-refractivity contribution in [3.8, 4) is 0 Å². The van der Waals surface area contributed by atoms with Gasteiger partial charge in [-0.25, -0.2) is 0 Å². The van der Waals surface area contributed by atoms with E-state index in [1.165, 1.54) is 5.56 Å². The van der Waals surface area contributed by atoms with E-state index in [4.69, 9.17) is 11.6 Å². The van der Waals surface area contributed by atoms with Crippen molar-refractivity contribution in [3.05, 3.63) is 34.9 Å². The number of aliphatic imine (C=N–C) groups is 1. The summed E-state index contributed by atoms with van der Waals surface area (Å²) < 4.78 is 0. The number of halogens is 1. The zero-order valence-corrected chi connectivity index (χ0v) is 12.2. The minimum absolute atomic E-state index is 0.771. The van der Waals surface area contributed by atoms with E-state index in [0.717, 1.165) is 37.0 Å². The summed E-state index contributed by atoms with van der Waals surface area (Å²) in [6.45, 7) is 6.78. The van der Waals surface area contributed by atoms with E-state index in [9.17, 15) is 0 Å². The normalized spacial score (nSPS) is 11.4. The molecule has 100 valence electrons. The van der Waals surface area contributed by atoms with Gasteiger partial charge in [0.1, 0.15) is 0 Å². The Morgan fingerprint density at radius 3 is 2.50 bits per heavy atom. The molecule has 0 amide bonds. The molecule has 1 rings (SSSR count). The van der Waals surface area contributed by atoms with Crippen molar-refractivity contribution in [2.45, 2.75) is 26.8 Å². The van der Waals surface area contributed by atoms with E-state index in [1.807, 2.05) is 31.3 Å². The van der Waals surface area contributed by atoms with Gasteiger partial charge in [0.05, 0.1) is 0 Å². The average molecular weight is 268 g/mol. The van der Waals surface area contributed by atoms with Crippen LogP contribution in [0.3, 0.4) is 0 Å². The van der Waals surface area contributed by atoms with E-state index >= 15 is 0 Å². The molecule has 4 heteroatoms. The molecule has 0 aliphatic heterocycles. The lowest BCUT2D eigenvalue weighted by Gasteiger charge is -2.22. The molecular formula is C14H22ClN3. The highest BCUT2D eigenvalue weighted by atomic mass is 35.5. The van der Waals surface area contributed by atoms with Gasteiger partial charge >= 0.3 is 0 Å². The number of nitrogens with zero attached hydrogens (tertiary/aromatic N) is 2. The second-order valence-electron chi connectivity index (χ2n) is 4.22. The number of hydrogen-bond acceptors (Lipinski definition) is 1. The zero-order valence-electron chi connectivity index (χ0n) is 11.4. The van der Waals surface area contributed by atoms with Crippen LogP contribution in [-0.4, -0.2) is 31.0 Å². The van der Waals surface area contributed by atoms with Crippen molar-refractivity contribution in [2.24, 2.45) is 4.99 Å². The molecule has 0 aromatic heterocycles. The predicted octanol–water partition coefficient (Wildman–Crippen LogP) is 3.15. The summed E-state index contributed by atoms with van der Waals surface area (Å²) in [5.74, 6) is 0.953. The second kappa shape index (κ2) is 7.98. The van der Waals surface area contributed by atoms with Crippen molar-refractivity contribution < 1.29 is 0 Å². The average Bonchev–Trinajstić information content (AvgIpc) is 2.37. The molecule has 18 heavy (non-hydrogen) atoms. The van der Waals surface area contributed by atoms with Gasteiger partial charge in [0, 0.05) is 31.7 Å². The molecule has 0 fully saturated rings. The summed E-state index contributed by atoms with van der Waals surface area (Å²) >= 11 is 5.88. The smallest absolute Gasteiger partial charge is 0.193 e. The molecule has 0 saturated carbocycles. The third-order valence-electron chi connectivity index (χ3n) is 2.51. The van der Waals surface area contributed by atoms with E-state index in [0.29, 0.717) is 0 Å². The first-order chi connectivity index (χ1) is 8.67. The Morgan fingerprint density at radius 1 is 1.28 bits per heavy atom. The fourth-order valence-corrected chi connectivity index (χ4v) is 1.75. The maximum atomic E-state index is 5.88. The summed E-state index contributed by atoms with van der Waals surface area (Å²) in [7, 11) is 2.05. The Labute approximate surface area is 115 Å². The Morgan fingerprint density at radius 2 is 1.94 bits per heavy atom. The molecule has 0 unspecified atom stereocenters. The Balaban J connectivity index is 2.65. The van der Waals surface area contributed by atoms with Crippen LogP contribution in [-0.2, 0) is 6.54 Å². The lowest BCUT2D eigenvalue weighted by atomic mass is 10.2. The van der Waals surface area contributed by atoms with Crippen molar-refractivity contribution >= 4 is 17.6 Å². The molecule has 0 aliphatic rings. The molecule has 1 N–H and O–H groups in total. The molecular weight excluding hydrogens is 246 g/mol. The third kappa shape index (κ3) is 4.96. The number of hydrogen-bond donors (Lipinski definition) is 1. The minimum atomic E-state index is 0.771. The van der Waals surface area contributed by atoms with Crippen LogP contribution in [0.2, 0.25) is 5.02 Å². The number of guanidine groups is 1. The quantitative estimate of drug-likeness (QED) is 0.656. The maximum absolute atomic E-state index is 5.88. The topological polar surface area (TPSA) is 27.6 Å². The lowest BCUT2D eigenvalue weighted by Crippen LogP contribution is -2.38. The van der Waals surface area contributed by atoms with Crippen LogP contribution in [0.1, 0.15) is 25.8 Å². The highest BCUT2D eigenvalue weighted by molar-refractivity contribution is 6.30. The minimum Gasteiger partial charge on any atom is -0.357 e. The molecule has 0 heterocycles. The standard InChI is InChI=1S/C14H22ClN3/c1-4-10-17-14(16-5-2)18(3)11-12-6-8-13(15)9-7-12/h6-9H,4-5,10-11H2,1-3H3,(H,16,17). The van der Waals surface area contributed by atoms with Crippen LogP contribution in [0.4, 0.5) is 0 Å². The van der Waals surface area contributed by atoms with Gasteiger partial charge in [-0.15, -0.1) is 0 Å². The molecule has 0 bridgehead atoms. The molecule has 0 atom stereocenters. The number of benzene rings is 1. The molecule has 3 nitrogen and oxygen atoms in total. The third-order valence-corrected chi connectivity index (χ3v) is 2.77. The summed E-state index contributed by atoms with van der Waals surface area (Å²) in [6, 6.07) is 7.92. The predicted molar refractivity (Wildman–Crippen MR) is 79.2 cm³/mol. The summed E-state index contributed by atoms with van der Waals surface area (Å²) in [5, 5.41) is 4.07. The van der Waals surface area contributed by atoms with Gasteiger partial charge in [-0.05, 0) is 31.0 Å². The second-order valence-corrected chi connectivity index (χ2v) is 4.65. The first-order valence-corrected chi connectivity index (χ1v) is 6.79. The molecule has 1 aromatic rings. The molecule has 0 radical (unpaired) electrons. The lowest BCUT2D eigenvalue weighted by molar-refractivity contribution is 0.477. The van der Waals surface area contributed by atoms with E-state index in [2.05, 4.69) is 29.1 Å². The van der Waals surface area contributed by atoms with Gasteiger partial charge in [-0.1, -0.05) is 30.7 Å². The van der Waals surface area contributed by atoms with Crippen LogP contribution in [0.15, 0.2) is 29.3 Å². The van der Waals surface area contributed by atoms with Gasteiger partial charge < -0.3 is 10.2 Å². The molecule has 0 saturated heterocycles. The Hall–Kier alpha value is -1.22. The van der Waals surface area contributed by atoms with Crippen molar-refractivity contribution in [2.75, 3.05) is 20.1 Å². The highest BCUT2D eigenvalue weighted by Gasteiger charge is 2.05. The number of nitrogens with one attached hydrogen (secondary N) is 1. The summed E-state index contributed by atoms with van der Waals surface area (Å²) in [5.41, 5.74) is 1.23. The first kappa shape index (κ1) is 14.8. The summed E-state index contributed by atoms with van der Waals surface area (Å²) in [4.78, 5) is 6.68. The fourth-order valence-electron chi connectivity index (χ4n) is 1.63. The van der Waals surface area contributed by atoms with Gasteiger partial charge in [-0.3, -0.25) is 4.99 Å². The van der Waals surface area contributed by atoms with E-state index in [1.54, 1.807) is 0 Å². The van der Waals surface area contributed by atoms with E-state index < -0.39 is 0 Å². The van der Waals surface area contributed by atoms with Gasteiger partial charge in [0.15, 0.2) is 5.96 Å². The van der Waals surface area contributed by atoms with Crippen LogP contribution < -0.4 is 5.32 Å². The Kier molecular flexibility index (Phi) is 6.58. The van der Waals surface area contributed by atoms with Gasteiger partial charge in [-0.2, -0.15) is 0 Å². The largest absolute Gasteiger partial charge is 0.357 e. The maximum Gasteiger partial charge on any atom is 0.193 e. The SMILES string of the molecule is CCCN=C(NCC)N(C)Cc1ccc(Cl)cc1. The highest BCUT2D eigenvalue weighted by Crippen LogP contribution is 2.10. The van der Waals surface area contributed by atoms with E-state index in [-0.39, 0.29) is 0 Å². The summed E-state index contributed by atoms with van der Waals surface area (Å²) in [6.07, 6.45) is 1.06. The van der Waals surface area contributed by atoms with Crippen LogP contribution in [0, 0.1) is 0 Å². The van der Waals surface area contributed by atoms with Gasteiger partial charge in [0.25, 0.3) is 0 Å². The van der Waals surface area contributed by atoms with Crippen molar-refractivity contribution in [1.29, 1.82) is 0 Å².